The summed E-state index contributed by atoms with van der Waals surface area (Å²) in [5.74, 6) is 0.802. The number of hydrogen-bond acceptors (Lipinski definition) is 2. The minimum atomic E-state index is 0.779. The van der Waals surface area contributed by atoms with Gasteiger partial charge in [0.05, 0.1) is 0 Å². The number of hydrogen-bond donors (Lipinski definition) is 1. The van der Waals surface area contributed by atoms with Crippen LogP contribution in [0.4, 0.5) is 0 Å². The molecule has 1 nitrogen and oxygen atoms in total. The van der Waals surface area contributed by atoms with Crippen LogP contribution in [0, 0.1) is 0 Å². The van der Waals surface area contributed by atoms with Crippen molar-refractivity contribution in [3.8, 4) is 0 Å². The molecule has 0 heterocycles. The molecule has 0 bridgehead atoms. The predicted octanol–water partition coefficient (Wildman–Crippen LogP) is 4.98. The molecule has 2 aliphatic carbocycles. The fourth-order valence-electron chi connectivity index (χ4n) is 4.12. The van der Waals surface area contributed by atoms with E-state index in [4.69, 9.17) is 0 Å². The van der Waals surface area contributed by atoms with Crippen LogP contribution in [0.1, 0.15) is 62.8 Å². The lowest BCUT2D eigenvalue weighted by Crippen LogP contribution is -2.42. The summed E-state index contributed by atoms with van der Waals surface area (Å²) in [5.41, 5.74) is 1.55. The van der Waals surface area contributed by atoms with Crippen molar-refractivity contribution >= 4 is 11.8 Å². The lowest BCUT2D eigenvalue weighted by molar-refractivity contribution is 0.280. The Balaban J connectivity index is 1.42. The molecule has 0 atom stereocenters. The van der Waals surface area contributed by atoms with E-state index < -0.39 is 0 Å². The SMILES string of the molecule is CSC1CCC(NC2CCC(c3ccccc3)CC2)CC1. The van der Waals surface area contributed by atoms with E-state index >= 15 is 0 Å². The van der Waals surface area contributed by atoms with Gasteiger partial charge < -0.3 is 5.32 Å². The van der Waals surface area contributed by atoms with Crippen molar-refractivity contribution in [1.29, 1.82) is 0 Å². The van der Waals surface area contributed by atoms with Crippen LogP contribution in [0.3, 0.4) is 0 Å². The van der Waals surface area contributed by atoms with Gasteiger partial charge in [-0.15, -0.1) is 0 Å². The maximum atomic E-state index is 3.97. The molecule has 2 aliphatic rings. The van der Waals surface area contributed by atoms with Gasteiger partial charge in [-0.25, -0.2) is 0 Å². The largest absolute Gasteiger partial charge is 0.311 e. The first-order valence-corrected chi connectivity index (χ1v) is 9.97. The molecule has 2 fully saturated rings. The Morgan fingerprint density at radius 3 is 1.95 bits per heavy atom. The van der Waals surface area contributed by atoms with E-state index in [1.807, 2.05) is 0 Å². The summed E-state index contributed by atoms with van der Waals surface area (Å²) in [6.07, 6.45) is 13.3. The molecule has 0 aromatic heterocycles. The maximum Gasteiger partial charge on any atom is 0.00704 e. The molecule has 0 spiro atoms. The summed E-state index contributed by atoms with van der Waals surface area (Å²) >= 11 is 2.06. The normalized spacial score (nSPS) is 33.8. The number of nitrogens with one attached hydrogen (secondary N) is 1. The van der Waals surface area contributed by atoms with Crippen molar-refractivity contribution in [2.24, 2.45) is 0 Å². The summed E-state index contributed by atoms with van der Waals surface area (Å²) in [4.78, 5) is 0. The number of rotatable bonds is 4. The highest BCUT2D eigenvalue weighted by Gasteiger charge is 2.26. The lowest BCUT2D eigenvalue weighted by Gasteiger charge is -2.35. The molecule has 0 unspecified atom stereocenters. The molecule has 0 saturated heterocycles. The van der Waals surface area contributed by atoms with Crippen LogP contribution in [0.2, 0.25) is 0 Å². The Morgan fingerprint density at radius 1 is 0.810 bits per heavy atom. The number of benzene rings is 1. The molecule has 21 heavy (non-hydrogen) atoms. The molecule has 2 heteroatoms. The third kappa shape index (κ3) is 4.26. The first-order valence-electron chi connectivity index (χ1n) is 8.69. The van der Waals surface area contributed by atoms with Crippen molar-refractivity contribution in [2.45, 2.75) is 74.6 Å². The van der Waals surface area contributed by atoms with Gasteiger partial charge in [0.2, 0.25) is 0 Å². The van der Waals surface area contributed by atoms with Gasteiger partial charge in [0, 0.05) is 17.3 Å². The third-order valence-electron chi connectivity index (χ3n) is 5.48. The molecular weight excluding hydrogens is 274 g/mol. The van der Waals surface area contributed by atoms with Crippen LogP contribution >= 0.6 is 11.8 Å². The quantitative estimate of drug-likeness (QED) is 0.842. The average molecular weight is 304 g/mol. The van der Waals surface area contributed by atoms with Gasteiger partial charge in [-0.2, -0.15) is 11.8 Å². The fraction of sp³-hybridized carbons (Fsp3) is 0.684. The topological polar surface area (TPSA) is 12.0 Å². The molecule has 0 amide bonds. The fourth-order valence-corrected chi connectivity index (χ4v) is 4.86. The van der Waals surface area contributed by atoms with Crippen LogP contribution in [0.25, 0.3) is 0 Å². The second kappa shape index (κ2) is 7.69. The minimum absolute atomic E-state index is 0.779. The summed E-state index contributed by atoms with van der Waals surface area (Å²) in [7, 11) is 0. The van der Waals surface area contributed by atoms with E-state index in [0.717, 1.165) is 23.3 Å². The predicted molar refractivity (Wildman–Crippen MR) is 94.1 cm³/mol. The third-order valence-corrected chi connectivity index (χ3v) is 6.62. The zero-order valence-corrected chi connectivity index (χ0v) is 14.1. The molecule has 1 aromatic rings. The Bertz CT molecular complexity index is 403. The van der Waals surface area contributed by atoms with E-state index in [1.165, 1.54) is 51.4 Å². The van der Waals surface area contributed by atoms with Crippen molar-refractivity contribution in [1.82, 2.24) is 5.32 Å². The molecule has 3 rings (SSSR count). The van der Waals surface area contributed by atoms with E-state index in [9.17, 15) is 0 Å². The zero-order chi connectivity index (χ0) is 14.5. The molecule has 1 aromatic carbocycles. The zero-order valence-electron chi connectivity index (χ0n) is 13.3. The van der Waals surface area contributed by atoms with E-state index in [2.05, 4.69) is 53.7 Å². The van der Waals surface area contributed by atoms with Gasteiger partial charge in [0.15, 0.2) is 0 Å². The first kappa shape index (κ1) is 15.4. The number of thioether (sulfide) groups is 1. The summed E-state index contributed by atoms with van der Waals surface area (Å²) in [5, 5.41) is 4.89. The van der Waals surface area contributed by atoms with Crippen LogP contribution in [-0.2, 0) is 0 Å². The highest BCUT2D eigenvalue weighted by atomic mass is 32.2. The van der Waals surface area contributed by atoms with Crippen molar-refractivity contribution in [3.63, 3.8) is 0 Å². The molecule has 0 aliphatic heterocycles. The van der Waals surface area contributed by atoms with Crippen LogP contribution in [-0.4, -0.2) is 23.6 Å². The molecular formula is C19H29NS. The summed E-state index contributed by atoms with van der Waals surface area (Å²) in [6.45, 7) is 0. The van der Waals surface area contributed by atoms with Crippen LogP contribution in [0.5, 0.6) is 0 Å². The summed E-state index contributed by atoms with van der Waals surface area (Å²) < 4.78 is 0. The minimum Gasteiger partial charge on any atom is -0.311 e. The molecule has 1 N–H and O–H groups in total. The van der Waals surface area contributed by atoms with Crippen molar-refractivity contribution < 1.29 is 0 Å². The van der Waals surface area contributed by atoms with Crippen molar-refractivity contribution in [3.05, 3.63) is 35.9 Å². The second-order valence-electron chi connectivity index (χ2n) is 6.84. The second-order valence-corrected chi connectivity index (χ2v) is 7.97. The maximum absolute atomic E-state index is 3.97. The molecule has 2 saturated carbocycles. The van der Waals surface area contributed by atoms with Gasteiger partial charge in [-0.05, 0) is 69.1 Å². The Hall–Kier alpha value is -0.470. The first-order chi connectivity index (χ1) is 10.3. The highest BCUT2D eigenvalue weighted by molar-refractivity contribution is 7.99. The summed E-state index contributed by atoms with van der Waals surface area (Å²) in [6, 6.07) is 12.7. The van der Waals surface area contributed by atoms with Gasteiger partial charge in [0.1, 0.15) is 0 Å². The van der Waals surface area contributed by atoms with E-state index in [-0.39, 0.29) is 0 Å². The van der Waals surface area contributed by atoms with Crippen LogP contribution in [0.15, 0.2) is 30.3 Å². The molecule has 116 valence electrons. The lowest BCUT2D eigenvalue weighted by atomic mass is 9.81. The standard InChI is InChI=1S/C19H29NS/c1-21-19-13-11-18(12-14-19)20-17-9-7-16(8-10-17)15-5-3-2-4-6-15/h2-6,16-20H,7-14H2,1H3. The Labute approximate surface area is 134 Å². The Kier molecular flexibility index (Phi) is 5.65. The molecule has 0 radical (unpaired) electrons. The smallest absolute Gasteiger partial charge is 0.00704 e. The monoisotopic (exact) mass is 303 g/mol. The van der Waals surface area contributed by atoms with E-state index in [0.29, 0.717) is 0 Å². The van der Waals surface area contributed by atoms with Crippen LogP contribution < -0.4 is 5.32 Å². The van der Waals surface area contributed by atoms with E-state index in [1.54, 1.807) is 5.56 Å². The van der Waals surface area contributed by atoms with Crippen molar-refractivity contribution in [2.75, 3.05) is 6.26 Å². The van der Waals surface area contributed by atoms with Gasteiger partial charge >= 0.3 is 0 Å². The van der Waals surface area contributed by atoms with Gasteiger partial charge in [-0.1, -0.05) is 30.3 Å². The van der Waals surface area contributed by atoms with Gasteiger partial charge in [-0.3, -0.25) is 0 Å². The Morgan fingerprint density at radius 2 is 1.38 bits per heavy atom. The van der Waals surface area contributed by atoms with Gasteiger partial charge in [0.25, 0.3) is 0 Å². The average Bonchev–Trinajstić information content (AvgIpc) is 2.57. The highest BCUT2D eigenvalue weighted by Crippen LogP contribution is 2.34.